The number of nitrogens with one attached hydrogen (secondary N) is 1. The first-order valence-electron chi connectivity index (χ1n) is 4.77. The quantitative estimate of drug-likeness (QED) is 0.900. The molecule has 0 saturated heterocycles. The summed E-state index contributed by atoms with van der Waals surface area (Å²) in [5, 5.41) is 5.37. The lowest BCUT2D eigenvalue weighted by Gasteiger charge is -1.97. The van der Waals surface area contributed by atoms with E-state index in [1.54, 1.807) is 11.3 Å². The van der Waals surface area contributed by atoms with Crippen LogP contribution in [0, 0.1) is 0 Å². The number of thiophene rings is 1. The van der Waals surface area contributed by atoms with Crippen LogP contribution in [0.25, 0.3) is 11.1 Å². The van der Waals surface area contributed by atoms with Crippen LogP contribution in [0.5, 0.6) is 0 Å². The maximum Gasteiger partial charge on any atom is 0.0296 e. The molecule has 1 nitrogen and oxygen atoms in total. The van der Waals surface area contributed by atoms with Gasteiger partial charge in [0, 0.05) is 15.9 Å². The van der Waals surface area contributed by atoms with E-state index in [9.17, 15) is 0 Å². The Labute approximate surface area is 102 Å². The first kappa shape index (κ1) is 10.9. The van der Waals surface area contributed by atoms with E-state index in [1.807, 2.05) is 7.05 Å². The van der Waals surface area contributed by atoms with Gasteiger partial charge in [-0.15, -0.1) is 11.3 Å². The third kappa shape index (κ3) is 2.68. The van der Waals surface area contributed by atoms with Crippen LogP contribution in [0.1, 0.15) is 4.88 Å². The van der Waals surface area contributed by atoms with E-state index in [2.05, 4.69) is 57.0 Å². The normalized spacial score (nSPS) is 10.5. The van der Waals surface area contributed by atoms with Crippen LogP contribution in [0.3, 0.4) is 0 Å². The number of hydrogen-bond acceptors (Lipinski definition) is 2. The molecule has 78 valence electrons. The number of rotatable bonds is 3. The molecule has 0 radical (unpaired) electrons. The molecule has 15 heavy (non-hydrogen) atoms. The highest BCUT2D eigenvalue weighted by atomic mass is 79.9. The molecule has 2 rings (SSSR count). The summed E-state index contributed by atoms with van der Waals surface area (Å²) in [6, 6.07) is 10.7. The second-order valence-corrected chi connectivity index (χ2v) is 5.25. The summed E-state index contributed by atoms with van der Waals surface area (Å²) in [6.07, 6.45) is 0. The number of hydrogen-bond donors (Lipinski definition) is 1. The average Bonchev–Trinajstić information content (AvgIpc) is 2.68. The van der Waals surface area contributed by atoms with Crippen molar-refractivity contribution in [2.24, 2.45) is 0 Å². The standard InChI is InChI=1S/C12H12BrNS/c1-14-7-12-6-10(8-15-12)9-2-4-11(13)5-3-9/h2-6,8,14H,7H2,1H3. The summed E-state index contributed by atoms with van der Waals surface area (Å²) < 4.78 is 1.12. The Morgan fingerprint density at radius 1 is 1.20 bits per heavy atom. The Bertz CT molecular complexity index is 433. The van der Waals surface area contributed by atoms with Crippen LogP contribution < -0.4 is 5.32 Å². The number of halogens is 1. The molecule has 3 heteroatoms. The van der Waals surface area contributed by atoms with E-state index in [4.69, 9.17) is 0 Å². The van der Waals surface area contributed by atoms with Gasteiger partial charge in [0.2, 0.25) is 0 Å². The third-order valence-electron chi connectivity index (χ3n) is 2.18. The summed E-state index contributed by atoms with van der Waals surface area (Å²) >= 11 is 5.24. The Hall–Kier alpha value is -0.640. The SMILES string of the molecule is CNCc1cc(-c2ccc(Br)cc2)cs1. The summed E-state index contributed by atoms with van der Waals surface area (Å²) in [7, 11) is 1.97. The van der Waals surface area contributed by atoms with Gasteiger partial charge in [-0.3, -0.25) is 0 Å². The number of benzene rings is 1. The fourth-order valence-electron chi connectivity index (χ4n) is 1.44. The van der Waals surface area contributed by atoms with E-state index in [-0.39, 0.29) is 0 Å². The molecule has 1 aromatic carbocycles. The van der Waals surface area contributed by atoms with Crippen molar-refractivity contribution in [2.75, 3.05) is 7.05 Å². The molecule has 0 spiro atoms. The Kier molecular flexibility index (Phi) is 3.57. The third-order valence-corrected chi connectivity index (χ3v) is 3.65. The molecule has 1 heterocycles. The first-order chi connectivity index (χ1) is 7.29. The van der Waals surface area contributed by atoms with E-state index in [0.717, 1.165) is 11.0 Å². The summed E-state index contributed by atoms with van der Waals surface area (Å²) in [5.74, 6) is 0. The molecular formula is C12H12BrNS. The molecule has 0 atom stereocenters. The minimum Gasteiger partial charge on any atom is -0.315 e. The summed E-state index contributed by atoms with van der Waals surface area (Å²) in [6.45, 7) is 0.946. The molecule has 0 bridgehead atoms. The van der Waals surface area contributed by atoms with Gasteiger partial charge in [-0.1, -0.05) is 28.1 Å². The molecule has 0 amide bonds. The van der Waals surface area contributed by atoms with Crippen molar-refractivity contribution in [3.05, 3.63) is 45.1 Å². The second kappa shape index (κ2) is 4.92. The molecule has 0 aliphatic heterocycles. The van der Waals surface area contributed by atoms with Gasteiger partial charge in [-0.25, -0.2) is 0 Å². The van der Waals surface area contributed by atoms with Crippen LogP contribution in [-0.2, 0) is 6.54 Å². The molecule has 1 N–H and O–H groups in total. The predicted molar refractivity (Wildman–Crippen MR) is 70.2 cm³/mol. The van der Waals surface area contributed by atoms with Gasteiger partial charge in [0.15, 0.2) is 0 Å². The highest BCUT2D eigenvalue weighted by Crippen LogP contribution is 2.26. The largest absolute Gasteiger partial charge is 0.315 e. The zero-order valence-corrected chi connectivity index (χ0v) is 10.9. The van der Waals surface area contributed by atoms with E-state index in [1.165, 1.54) is 16.0 Å². The van der Waals surface area contributed by atoms with E-state index < -0.39 is 0 Å². The topological polar surface area (TPSA) is 12.0 Å². The second-order valence-electron chi connectivity index (χ2n) is 3.34. The lowest BCUT2D eigenvalue weighted by atomic mass is 10.1. The Morgan fingerprint density at radius 3 is 2.60 bits per heavy atom. The Balaban J connectivity index is 2.25. The highest BCUT2D eigenvalue weighted by Gasteiger charge is 2.01. The minimum absolute atomic E-state index is 0.946. The Morgan fingerprint density at radius 2 is 1.93 bits per heavy atom. The molecule has 1 aromatic heterocycles. The first-order valence-corrected chi connectivity index (χ1v) is 6.45. The van der Waals surface area contributed by atoms with Gasteiger partial charge >= 0.3 is 0 Å². The van der Waals surface area contributed by atoms with Crippen LogP contribution in [-0.4, -0.2) is 7.05 Å². The molecule has 0 aliphatic rings. The van der Waals surface area contributed by atoms with Crippen LogP contribution >= 0.6 is 27.3 Å². The zero-order chi connectivity index (χ0) is 10.7. The molecule has 0 fully saturated rings. The van der Waals surface area contributed by atoms with Crippen molar-refractivity contribution < 1.29 is 0 Å². The maximum atomic E-state index is 3.44. The molecule has 0 aliphatic carbocycles. The van der Waals surface area contributed by atoms with Gasteiger partial charge in [-0.05, 0) is 41.8 Å². The lowest BCUT2D eigenvalue weighted by molar-refractivity contribution is 0.831. The van der Waals surface area contributed by atoms with Crippen molar-refractivity contribution in [1.82, 2.24) is 5.32 Å². The van der Waals surface area contributed by atoms with Gasteiger partial charge in [0.25, 0.3) is 0 Å². The van der Waals surface area contributed by atoms with E-state index >= 15 is 0 Å². The van der Waals surface area contributed by atoms with Gasteiger partial charge < -0.3 is 5.32 Å². The van der Waals surface area contributed by atoms with Crippen molar-refractivity contribution >= 4 is 27.3 Å². The summed E-state index contributed by atoms with van der Waals surface area (Å²) in [4.78, 5) is 1.37. The summed E-state index contributed by atoms with van der Waals surface area (Å²) in [5.41, 5.74) is 2.58. The van der Waals surface area contributed by atoms with Crippen molar-refractivity contribution in [2.45, 2.75) is 6.54 Å². The average molecular weight is 282 g/mol. The van der Waals surface area contributed by atoms with Crippen LogP contribution in [0.15, 0.2) is 40.2 Å². The van der Waals surface area contributed by atoms with Crippen molar-refractivity contribution in [1.29, 1.82) is 0 Å². The van der Waals surface area contributed by atoms with Gasteiger partial charge in [0.05, 0.1) is 0 Å². The van der Waals surface area contributed by atoms with Gasteiger partial charge in [0.1, 0.15) is 0 Å². The smallest absolute Gasteiger partial charge is 0.0296 e. The molecule has 0 unspecified atom stereocenters. The maximum absolute atomic E-state index is 3.44. The van der Waals surface area contributed by atoms with Crippen LogP contribution in [0.2, 0.25) is 0 Å². The van der Waals surface area contributed by atoms with E-state index in [0.29, 0.717) is 0 Å². The van der Waals surface area contributed by atoms with Gasteiger partial charge in [-0.2, -0.15) is 0 Å². The molecule has 2 aromatic rings. The monoisotopic (exact) mass is 281 g/mol. The molecular weight excluding hydrogens is 270 g/mol. The zero-order valence-electron chi connectivity index (χ0n) is 8.46. The van der Waals surface area contributed by atoms with Crippen molar-refractivity contribution in [3.8, 4) is 11.1 Å². The van der Waals surface area contributed by atoms with Crippen LogP contribution in [0.4, 0.5) is 0 Å². The fraction of sp³-hybridized carbons (Fsp3) is 0.167. The molecule has 0 saturated carbocycles. The highest BCUT2D eigenvalue weighted by molar-refractivity contribution is 9.10. The minimum atomic E-state index is 0.946. The predicted octanol–water partition coefficient (Wildman–Crippen LogP) is 3.90. The van der Waals surface area contributed by atoms with Crippen molar-refractivity contribution in [3.63, 3.8) is 0 Å². The lowest BCUT2D eigenvalue weighted by Crippen LogP contribution is -2.02. The fourth-order valence-corrected chi connectivity index (χ4v) is 2.61.